The van der Waals surface area contributed by atoms with Crippen molar-refractivity contribution in [2.24, 2.45) is 10.9 Å². The fourth-order valence-corrected chi connectivity index (χ4v) is 1.14. The first-order chi connectivity index (χ1) is 5.43. The van der Waals surface area contributed by atoms with Crippen LogP contribution in [-0.2, 0) is 4.79 Å². The van der Waals surface area contributed by atoms with Gasteiger partial charge in [0.25, 0.3) is 0 Å². The number of nitrogens with one attached hydrogen (secondary N) is 1. The molecule has 1 fully saturated rings. The molecule has 11 heavy (non-hydrogen) atoms. The second-order valence-corrected chi connectivity index (χ2v) is 2.55. The van der Waals surface area contributed by atoms with E-state index < -0.39 is 0 Å². The molecule has 0 bridgehead atoms. The molecule has 3 heteroatoms. The summed E-state index contributed by atoms with van der Waals surface area (Å²) in [5.41, 5.74) is 0. The van der Waals surface area contributed by atoms with Gasteiger partial charge in [-0.3, -0.25) is 0 Å². The number of isocyanates is 1. The molecule has 0 aromatic rings. The van der Waals surface area contributed by atoms with Gasteiger partial charge in [0.05, 0.1) is 0 Å². The monoisotopic (exact) mass is 150 g/mol. The number of rotatable bonds is 1. The zero-order valence-electron chi connectivity index (χ0n) is 6.26. The molecule has 0 radical (unpaired) electrons. The lowest BCUT2D eigenvalue weighted by Crippen LogP contribution is -2.08. The molecule has 3 nitrogen and oxygen atoms in total. The van der Waals surface area contributed by atoms with E-state index in [9.17, 15) is 4.79 Å². The Labute approximate surface area is 65.9 Å². The van der Waals surface area contributed by atoms with Crippen LogP contribution in [0.1, 0.15) is 12.8 Å². The minimum atomic E-state index is 0.643. The minimum Gasteiger partial charge on any atom is -0.316 e. The lowest BCUT2D eigenvalue weighted by Gasteiger charge is -1.98. The van der Waals surface area contributed by atoms with Crippen molar-refractivity contribution in [2.75, 3.05) is 13.1 Å². The highest BCUT2D eigenvalue weighted by molar-refractivity contribution is 5.36. The van der Waals surface area contributed by atoms with E-state index >= 15 is 0 Å². The van der Waals surface area contributed by atoms with Crippen molar-refractivity contribution in [3.8, 4) is 12.0 Å². The first-order valence-corrected chi connectivity index (χ1v) is 3.69. The van der Waals surface area contributed by atoms with Crippen molar-refractivity contribution < 1.29 is 4.79 Å². The normalized spacial score (nSPS) is 21.6. The van der Waals surface area contributed by atoms with E-state index in [1.807, 2.05) is 0 Å². The molecule has 0 aromatic carbocycles. The van der Waals surface area contributed by atoms with Gasteiger partial charge >= 0.3 is 0 Å². The molecule has 1 atom stereocenters. The summed E-state index contributed by atoms with van der Waals surface area (Å²) in [4.78, 5) is 12.7. The number of hydrogen-bond acceptors (Lipinski definition) is 3. The van der Waals surface area contributed by atoms with Crippen LogP contribution in [-0.4, -0.2) is 19.2 Å². The van der Waals surface area contributed by atoms with Gasteiger partial charge < -0.3 is 5.32 Å². The van der Waals surface area contributed by atoms with Gasteiger partial charge in [-0.1, -0.05) is 5.92 Å². The quantitative estimate of drug-likeness (QED) is 0.331. The van der Waals surface area contributed by atoms with E-state index in [4.69, 9.17) is 0 Å². The van der Waals surface area contributed by atoms with Crippen LogP contribution in [0.2, 0.25) is 0 Å². The summed E-state index contributed by atoms with van der Waals surface area (Å²) in [6.45, 7) is 2.13. The molecule has 1 saturated heterocycles. The van der Waals surface area contributed by atoms with Gasteiger partial charge in [0.2, 0.25) is 6.08 Å². The van der Waals surface area contributed by atoms with Crippen molar-refractivity contribution in [2.45, 2.75) is 12.8 Å². The van der Waals surface area contributed by atoms with Crippen molar-refractivity contribution in [3.05, 3.63) is 0 Å². The van der Waals surface area contributed by atoms with Crippen LogP contribution in [0.4, 0.5) is 0 Å². The fraction of sp³-hybridized carbons (Fsp3) is 0.625. The Hall–Kier alpha value is -1.10. The molecule has 0 spiro atoms. The van der Waals surface area contributed by atoms with Crippen LogP contribution in [0.3, 0.4) is 0 Å². The average molecular weight is 150 g/mol. The summed E-state index contributed by atoms with van der Waals surface area (Å²) < 4.78 is 0. The Bertz CT molecular complexity index is 214. The van der Waals surface area contributed by atoms with Crippen LogP contribution in [0.5, 0.6) is 0 Å². The summed E-state index contributed by atoms with van der Waals surface area (Å²) >= 11 is 0. The predicted octanol–water partition coefficient (Wildman–Crippen LogP) is 0.283. The van der Waals surface area contributed by atoms with Crippen molar-refractivity contribution >= 4 is 6.08 Å². The predicted molar refractivity (Wildman–Crippen MR) is 41.5 cm³/mol. The van der Waals surface area contributed by atoms with Gasteiger partial charge in [0.15, 0.2) is 0 Å². The Morgan fingerprint density at radius 1 is 1.64 bits per heavy atom. The fourth-order valence-electron chi connectivity index (χ4n) is 1.14. The largest absolute Gasteiger partial charge is 0.316 e. The standard InChI is InChI=1S/C8H10N2O/c11-7-10-4-1-2-8-3-5-9-6-8/h8-9H,2-3,5-6H2. The van der Waals surface area contributed by atoms with Gasteiger partial charge in [0.1, 0.15) is 0 Å². The molecule has 0 aliphatic carbocycles. The molecule has 0 amide bonds. The third-order valence-electron chi connectivity index (χ3n) is 1.73. The van der Waals surface area contributed by atoms with Gasteiger partial charge in [-0.05, 0) is 25.4 Å². The van der Waals surface area contributed by atoms with Crippen molar-refractivity contribution in [3.63, 3.8) is 0 Å². The van der Waals surface area contributed by atoms with Crippen LogP contribution >= 0.6 is 0 Å². The van der Waals surface area contributed by atoms with E-state index in [1.165, 1.54) is 12.5 Å². The number of hydrogen-bond donors (Lipinski definition) is 1. The second kappa shape index (κ2) is 4.68. The van der Waals surface area contributed by atoms with Gasteiger partial charge in [-0.15, -0.1) is 4.99 Å². The van der Waals surface area contributed by atoms with E-state index in [-0.39, 0.29) is 0 Å². The summed E-state index contributed by atoms with van der Waals surface area (Å²) in [5, 5.41) is 3.24. The minimum absolute atomic E-state index is 0.643. The van der Waals surface area contributed by atoms with E-state index in [0.29, 0.717) is 5.92 Å². The maximum absolute atomic E-state index is 9.59. The van der Waals surface area contributed by atoms with Crippen LogP contribution < -0.4 is 5.32 Å². The van der Waals surface area contributed by atoms with Gasteiger partial charge in [0, 0.05) is 12.5 Å². The molecule has 0 aromatic heterocycles. The molecule has 1 aliphatic heterocycles. The zero-order valence-corrected chi connectivity index (χ0v) is 6.26. The first-order valence-electron chi connectivity index (χ1n) is 3.69. The number of carbonyl (C=O) groups excluding carboxylic acids is 1. The second-order valence-electron chi connectivity index (χ2n) is 2.55. The molecule has 1 N–H and O–H groups in total. The average Bonchev–Trinajstić information content (AvgIpc) is 2.50. The highest BCUT2D eigenvalue weighted by atomic mass is 16.1. The van der Waals surface area contributed by atoms with Crippen molar-refractivity contribution in [1.29, 1.82) is 0 Å². The Morgan fingerprint density at radius 3 is 3.18 bits per heavy atom. The lowest BCUT2D eigenvalue weighted by atomic mass is 10.1. The molecule has 1 rings (SSSR count). The zero-order chi connectivity index (χ0) is 7.94. The third kappa shape index (κ3) is 2.99. The summed E-state index contributed by atoms with van der Waals surface area (Å²) in [6, 6.07) is 2.39. The molecule has 1 heterocycles. The van der Waals surface area contributed by atoms with Crippen molar-refractivity contribution in [1.82, 2.24) is 5.32 Å². The molecule has 0 saturated carbocycles. The van der Waals surface area contributed by atoms with Gasteiger partial charge in [-0.25, -0.2) is 4.79 Å². The topological polar surface area (TPSA) is 41.5 Å². The smallest absolute Gasteiger partial charge is 0.249 e. The summed E-state index contributed by atoms with van der Waals surface area (Å²) in [5.74, 6) is 3.45. The molecular formula is C8H10N2O. The number of aliphatic imine (C=N–C) groups is 1. The Morgan fingerprint density at radius 2 is 2.55 bits per heavy atom. The molecule has 1 aliphatic rings. The summed E-state index contributed by atoms with van der Waals surface area (Å²) in [6.07, 6.45) is 3.39. The Balaban J connectivity index is 2.21. The highest BCUT2D eigenvalue weighted by Crippen LogP contribution is 2.10. The lowest BCUT2D eigenvalue weighted by molar-refractivity contribution is 0.565. The SMILES string of the molecule is O=C=NC#CCC1CCNC1. The Kier molecular flexibility index (Phi) is 3.40. The molecule has 58 valence electrons. The maximum atomic E-state index is 9.59. The highest BCUT2D eigenvalue weighted by Gasteiger charge is 2.11. The van der Waals surface area contributed by atoms with Crippen LogP contribution in [0, 0.1) is 17.9 Å². The third-order valence-corrected chi connectivity index (χ3v) is 1.73. The van der Waals surface area contributed by atoms with Gasteiger partial charge in [-0.2, -0.15) is 0 Å². The van der Waals surface area contributed by atoms with Crippen LogP contribution in [0.25, 0.3) is 0 Å². The van der Waals surface area contributed by atoms with Crippen LogP contribution in [0.15, 0.2) is 4.99 Å². The maximum Gasteiger partial charge on any atom is 0.249 e. The first kappa shape index (κ1) is 8.00. The molecule has 1 unspecified atom stereocenters. The van der Waals surface area contributed by atoms with E-state index in [2.05, 4.69) is 22.3 Å². The summed E-state index contributed by atoms with van der Waals surface area (Å²) in [7, 11) is 0. The van der Waals surface area contributed by atoms with E-state index in [1.54, 1.807) is 0 Å². The van der Waals surface area contributed by atoms with E-state index in [0.717, 1.165) is 19.5 Å². The molecular weight excluding hydrogens is 140 g/mol. The number of nitrogens with zero attached hydrogens (tertiary/aromatic N) is 1.